The molecule has 1 unspecified atom stereocenters. The Morgan fingerprint density at radius 1 is 1.48 bits per heavy atom. The van der Waals surface area contributed by atoms with Gasteiger partial charge in [0.2, 0.25) is 10.0 Å². The first kappa shape index (κ1) is 16.3. The molecule has 7 heteroatoms. The lowest BCUT2D eigenvalue weighted by Gasteiger charge is -2.29. The highest BCUT2D eigenvalue weighted by atomic mass is 32.2. The average molecular weight is 329 g/mol. The average Bonchev–Trinajstić information content (AvgIpc) is 2.46. The molecule has 0 spiro atoms. The van der Waals surface area contributed by atoms with Crippen molar-refractivity contribution in [3.05, 3.63) is 29.3 Å². The SMILES string of the molecule is CCc1ccc(S(=O)(=O)N2CCSC(C)C2)cc1C(=O)O. The number of hydrogen-bond donors (Lipinski definition) is 1. The third kappa shape index (κ3) is 3.41. The molecule has 1 aliphatic heterocycles. The Balaban J connectivity index is 2.40. The van der Waals surface area contributed by atoms with E-state index in [2.05, 4.69) is 0 Å². The number of hydrogen-bond acceptors (Lipinski definition) is 4. The fourth-order valence-electron chi connectivity index (χ4n) is 2.38. The normalized spacial score (nSPS) is 20.4. The van der Waals surface area contributed by atoms with Crippen LogP contribution >= 0.6 is 11.8 Å². The smallest absolute Gasteiger partial charge is 0.336 e. The van der Waals surface area contributed by atoms with Crippen molar-refractivity contribution >= 4 is 27.8 Å². The molecule has 2 rings (SSSR count). The lowest BCUT2D eigenvalue weighted by atomic mass is 10.1. The van der Waals surface area contributed by atoms with E-state index in [0.717, 1.165) is 5.75 Å². The van der Waals surface area contributed by atoms with Crippen molar-refractivity contribution in [3.63, 3.8) is 0 Å². The topological polar surface area (TPSA) is 74.7 Å². The molecule has 21 heavy (non-hydrogen) atoms. The highest BCUT2D eigenvalue weighted by Crippen LogP contribution is 2.25. The molecule has 5 nitrogen and oxygen atoms in total. The lowest BCUT2D eigenvalue weighted by molar-refractivity contribution is 0.0695. The molecule has 0 aliphatic carbocycles. The first-order valence-electron chi connectivity index (χ1n) is 6.84. The van der Waals surface area contributed by atoms with Crippen molar-refractivity contribution in [3.8, 4) is 0 Å². The van der Waals surface area contributed by atoms with Crippen molar-refractivity contribution in [2.75, 3.05) is 18.8 Å². The van der Waals surface area contributed by atoms with Gasteiger partial charge in [-0.25, -0.2) is 13.2 Å². The maximum absolute atomic E-state index is 12.6. The first-order valence-corrected chi connectivity index (χ1v) is 9.33. The van der Waals surface area contributed by atoms with Gasteiger partial charge in [-0.1, -0.05) is 19.9 Å². The van der Waals surface area contributed by atoms with E-state index in [1.54, 1.807) is 17.8 Å². The van der Waals surface area contributed by atoms with Crippen LogP contribution in [0.4, 0.5) is 0 Å². The summed E-state index contributed by atoms with van der Waals surface area (Å²) in [6.07, 6.45) is 0.555. The molecule has 1 aromatic rings. The van der Waals surface area contributed by atoms with E-state index >= 15 is 0 Å². The summed E-state index contributed by atoms with van der Waals surface area (Å²) in [4.78, 5) is 11.3. The van der Waals surface area contributed by atoms with Crippen molar-refractivity contribution in [1.82, 2.24) is 4.31 Å². The van der Waals surface area contributed by atoms with Gasteiger partial charge in [0.25, 0.3) is 0 Å². The van der Waals surface area contributed by atoms with Gasteiger partial charge in [0.1, 0.15) is 0 Å². The van der Waals surface area contributed by atoms with Gasteiger partial charge in [-0.05, 0) is 24.1 Å². The van der Waals surface area contributed by atoms with E-state index in [9.17, 15) is 18.3 Å². The summed E-state index contributed by atoms with van der Waals surface area (Å²) in [5.74, 6) is -0.328. The van der Waals surface area contributed by atoms with Gasteiger partial charge < -0.3 is 5.11 Å². The number of benzene rings is 1. The van der Waals surface area contributed by atoms with Gasteiger partial charge in [-0.3, -0.25) is 0 Å². The molecule has 1 N–H and O–H groups in total. The van der Waals surface area contributed by atoms with E-state index in [1.807, 2.05) is 13.8 Å². The molecule has 0 bridgehead atoms. The van der Waals surface area contributed by atoms with Crippen LogP contribution in [0.2, 0.25) is 0 Å². The highest BCUT2D eigenvalue weighted by molar-refractivity contribution is 8.00. The van der Waals surface area contributed by atoms with E-state index in [1.165, 1.54) is 16.4 Å². The summed E-state index contributed by atoms with van der Waals surface area (Å²) in [5, 5.41) is 9.48. The van der Waals surface area contributed by atoms with Crippen LogP contribution in [0.5, 0.6) is 0 Å². The van der Waals surface area contributed by atoms with E-state index in [0.29, 0.717) is 25.1 Å². The number of thioether (sulfide) groups is 1. The van der Waals surface area contributed by atoms with Gasteiger partial charge in [-0.2, -0.15) is 16.1 Å². The summed E-state index contributed by atoms with van der Waals surface area (Å²) in [7, 11) is -3.62. The number of aromatic carboxylic acids is 1. The molecule has 0 saturated carbocycles. The number of aryl methyl sites for hydroxylation is 1. The van der Waals surface area contributed by atoms with Gasteiger partial charge in [-0.15, -0.1) is 0 Å². The monoisotopic (exact) mass is 329 g/mol. The second-order valence-electron chi connectivity index (χ2n) is 5.02. The summed E-state index contributed by atoms with van der Waals surface area (Å²) in [6.45, 7) is 4.77. The van der Waals surface area contributed by atoms with Gasteiger partial charge >= 0.3 is 5.97 Å². The minimum Gasteiger partial charge on any atom is -0.478 e. The van der Waals surface area contributed by atoms with E-state index in [-0.39, 0.29) is 15.7 Å². The second kappa shape index (κ2) is 6.37. The molecule has 116 valence electrons. The number of carbonyl (C=O) groups is 1. The molecule has 1 saturated heterocycles. The Morgan fingerprint density at radius 3 is 2.76 bits per heavy atom. The van der Waals surface area contributed by atoms with E-state index in [4.69, 9.17) is 0 Å². The number of carboxylic acid groups (broad SMARTS) is 1. The Kier molecular flexibility index (Phi) is 4.95. The van der Waals surface area contributed by atoms with Crippen molar-refractivity contribution in [1.29, 1.82) is 0 Å². The van der Waals surface area contributed by atoms with Crippen LogP contribution in [0.15, 0.2) is 23.1 Å². The largest absolute Gasteiger partial charge is 0.478 e. The van der Waals surface area contributed by atoms with Crippen molar-refractivity contribution < 1.29 is 18.3 Å². The molecule has 0 radical (unpaired) electrons. The zero-order valence-electron chi connectivity index (χ0n) is 12.1. The van der Waals surface area contributed by atoms with Crippen LogP contribution in [-0.4, -0.2) is 47.9 Å². The maximum atomic E-state index is 12.6. The van der Waals surface area contributed by atoms with Gasteiger partial charge in [0.15, 0.2) is 0 Å². The van der Waals surface area contributed by atoms with Gasteiger partial charge in [0.05, 0.1) is 10.5 Å². The summed E-state index contributed by atoms with van der Waals surface area (Å²) >= 11 is 1.75. The van der Waals surface area contributed by atoms with E-state index < -0.39 is 16.0 Å². The quantitative estimate of drug-likeness (QED) is 0.915. The number of sulfonamides is 1. The van der Waals surface area contributed by atoms with Crippen LogP contribution in [-0.2, 0) is 16.4 Å². The van der Waals surface area contributed by atoms with Crippen LogP contribution in [0.3, 0.4) is 0 Å². The second-order valence-corrected chi connectivity index (χ2v) is 8.51. The highest BCUT2D eigenvalue weighted by Gasteiger charge is 2.29. The van der Waals surface area contributed by atoms with Crippen LogP contribution < -0.4 is 0 Å². The summed E-state index contributed by atoms with van der Waals surface area (Å²) in [6, 6.07) is 4.38. The Morgan fingerprint density at radius 2 is 2.19 bits per heavy atom. The molecule has 1 aromatic carbocycles. The zero-order chi connectivity index (χ0) is 15.6. The molecule has 1 atom stereocenters. The minimum atomic E-state index is -3.62. The minimum absolute atomic E-state index is 0.0659. The lowest BCUT2D eigenvalue weighted by Crippen LogP contribution is -2.41. The maximum Gasteiger partial charge on any atom is 0.336 e. The number of rotatable bonds is 4. The zero-order valence-corrected chi connectivity index (χ0v) is 13.7. The Bertz CT molecular complexity index is 642. The van der Waals surface area contributed by atoms with Crippen LogP contribution in [0.1, 0.15) is 29.8 Å². The summed E-state index contributed by atoms with van der Waals surface area (Å²) in [5.41, 5.74) is 0.710. The molecule has 0 aromatic heterocycles. The molecular formula is C14H19NO4S2. The molecule has 1 fully saturated rings. The van der Waals surface area contributed by atoms with Crippen molar-refractivity contribution in [2.45, 2.75) is 30.4 Å². The fraction of sp³-hybridized carbons (Fsp3) is 0.500. The Hall–Kier alpha value is -1.05. The third-order valence-corrected chi connectivity index (χ3v) is 6.53. The number of nitrogens with zero attached hydrogens (tertiary/aromatic N) is 1. The molecular weight excluding hydrogens is 310 g/mol. The summed E-state index contributed by atoms with van der Waals surface area (Å²) < 4.78 is 26.7. The predicted octanol–water partition coefficient (Wildman–Crippen LogP) is 2.07. The molecule has 1 aliphatic rings. The molecule has 1 heterocycles. The molecule has 0 amide bonds. The fourth-order valence-corrected chi connectivity index (χ4v) is 5.16. The third-order valence-electron chi connectivity index (χ3n) is 3.53. The standard InChI is InChI=1S/C14H19NO4S2/c1-3-11-4-5-12(8-13(11)14(16)17)21(18,19)15-6-7-20-10(2)9-15/h4-5,8,10H,3,6-7,9H2,1-2H3,(H,16,17). The van der Waals surface area contributed by atoms with Crippen LogP contribution in [0, 0.1) is 0 Å². The predicted molar refractivity (Wildman–Crippen MR) is 83.5 cm³/mol. The van der Waals surface area contributed by atoms with Gasteiger partial charge in [0, 0.05) is 24.1 Å². The first-order chi connectivity index (χ1) is 9.86. The van der Waals surface area contributed by atoms with Crippen molar-refractivity contribution in [2.24, 2.45) is 0 Å². The Labute approximate surface area is 129 Å². The number of carboxylic acids is 1. The van der Waals surface area contributed by atoms with Crippen LogP contribution in [0.25, 0.3) is 0 Å².